The summed E-state index contributed by atoms with van der Waals surface area (Å²) in [5.41, 5.74) is 1.61. The maximum absolute atomic E-state index is 14.4. The number of aromatic nitrogens is 5. The Balaban J connectivity index is 1.89. The largest absolute Gasteiger partial charge is 0.479 e. The molecule has 154 valence electrons. The molecule has 7 nitrogen and oxygen atoms in total. The van der Waals surface area contributed by atoms with Crippen molar-refractivity contribution in [2.45, 2.75) is 20.0 Å². The van der Waals surface area contributed by atoms with E-state index in [0.29, 0.717) is 17.0 Å². The summed E-state index contributed by atoms with van der Waals surface area (Å²) in [6, 6.07) is 2.23. The van der Waals surface area contributed by atoms with Gasteiger partial charge in [-0.05, 0) is 30.2 Å². The zero-order valence-corrected chi connectivity index (χ0v) is 16.0. The van der Waals surface area contributed by atoms with Gasteiger partial charge in [0.1, 0.15) is 17.3 Å². The standard InChI is InChI=1S/C20H16F3N5O2/c1-10-3-14(22)11(4-13(10)21)5-16-19-25-6-12(9-29)28(19)8-17(26-16)18-24-7-15(23)20(27-18)30-2/h3-4,6-8,29H,5,9H2,1-2H3. The molecule has 0 radical (unpaired) electrons. The summed E-state index contributed by atoms with van der Waals surface area (Å²) < 4.78 is 48.5. The monoisotopic (exact) mass is 415 g/mol. The minimum absolute atomic E-state index is 0.0598. The van der Waals surface area contributed by atoms with Gasteiger partial charge in [0, 0.05) is 12.6 Å². The first kappa shape index (κ1) is 19.8. The van der Waals surface area contributed by atoms with Gasteiger partial charge in [0.2, 0.25) is 5.82 Å². The number of hydrogen-bond acceptors (Lipinski definition) is 6. The van der Waals surface area contributed by atoms with E-state index in [2.05, 4.69) is 19.9 Å². The highest BCUT2D eigenvalue weighted by atomic mass is 19.1. The van der Waals surface area contributed by atoms with Gasteiger partial charge in [-0.3, -0.25) is 4.40 Å². The molecule has 30 heavy (non-hydrogen) atoms. The third-order valence-electron chi connectivity index (χ3n) is 4.62. The highest BCUT2D eigenvalue weighted by Crippen LogP contribution is 2.24. The van der Waals surface area contributed by atoms with Gasteiger partial charge in [0.25, 0.3) is 5.88 Å². The summed E-state index contributed by atoms with van der Waals surface area (Å²) >= 11 is 0. The molecule has 10 heteroatoms. The fourth-order valence-corrected chi connectivity index (χ4v) is 3.06. The van der Waals surface area contributed by atoms with E-state index in [4.69, 9.17) is 4.74 Å². The van der Waals surface area contributed by atoms with Gasteiger partial charge >= 0.3 is 0 Å². The first-order valence-electron chi connectivity index (χ1n) is 8.89. The van der Waals surface area contributed by atoms with Crippen LogP contribution in [0.4, 0.5) is 13.2 Å². The SMILES string of the molecule is COc1nc(-c2cn3c(CO)cnc3c(Cc3cc(F)c(C)cc3F)n2)ncc1F. The summed E-state index contributed by atoms with van der Waals surface area (Å²) in [7, 11) is 1.27. The molecule has 0 aliphatic carbocycles. The number of fused-ring (bicyclic) bond motifs is 1. The average molecular weight is 415 g/mol. The van der Waals surface area contributed by atoms with Crippen molar-refractivity contribution in [3.05, 3.63) is 70.7 Å². The minimum Gasteiger partial charge on any atom is -0.479 e. The number of nitrogens with zero attached hydrogens (tertiary/aromatic N) is 5. The van der Waals surface area contributed by atoms with Crippen molar-refractivity contribution < 1.29 is 23.0 Å². The van der Waals surface area contributed by atoms with Crippen LogP contribution in [0.2, 0.25) is 0 Å². The number of methoxy groups -OCH3 is 1. The van der Waals surface area contributed by atoms with Crippen molar-refractivity contribution in [2.24, 2.45) is 0 Å². The number of ether oxygens (including phenoxy) is 1. The summed E-state index contributed by atoms with van der Waals surface area (Å²) in [4.78, 5) is 16.6. The first-order valence-corrected chi connectivity index (χ1v) is 8.89. The zero-order valence-electron chi connectivity index (χ0n) is 16.0. The lowest BCUT2D eigenvalue weighted by Gasteiger charge is -2.10. The van der Waals surface area contributed by atoms with Crippen LogP contribution in [-0.2, 0) is 13.0 Å². The topological polar surface area (TPSA) is 85.4 Å². The number of imidazole rings is 1. The zero-order chi connectivity index (χ0) is 21.4. The quantitative estimate of drug-likeness (QED) is 0.539. The Morgan fingerprint density at radius 2 is 1.83 bits per heavy atom. The van der Waals surface area contributed by atoms with Crippen molar-refractivity contribution in [1.29, 1.82) is 0 Å². The van der Waals surface area contributed by atoms with Gasteiger partial charge < -0.3 is 9.84 Å². The maximum atomic E-state index is 14.4. The lowest BCUT2D eigenvalue weighted by Crippen LogP contribution is -2.06. The molecule has 4 aromatic rings. The third kappa shape index (κ3) is 3.45. The van der Waals surface area contributed by atoms with E-state index < -0.39 is 17.5 Å². The van der Waals surface area contributed by atoms with Crippen LogP contribution in [0.3, 0.4) is 0 Å². The molecule has 0 amide bonds. The number of hydrogen-bond donors (Lipinski definition) is 1. The van der Waals surface area contributed by atoms with E-state index >= 15 is 0 Å². The van der Waals surface area contributed by atoms with E-state index in [9.17, 15) is 18.3 Å². The van der Waals surface area contributed by atoms with Crippen molar-refractivity contribution in [3.63, 3.8) is 0 Å². The van der Waals surface area contributed by atoms with Crippen LogP contribution < -0.4 is 4.74 Å². The predicted octanol–water partition coefficient (Wildman–Crippen LogP) is 3.00. The van der Waals surface area contributed by atoms with Crippen LogP contribution in [0.25, 0.3) is 17.2 Å². The Morgan fingerprint density at radius 3 is 2.57 bits per heavy atom. The van der Waals surface area contributed by atoms with Crippen molar-refractivity contribution in [3.8, 4) is 17.4 Å². The molecule has 4 rings (SSSR count). The molecule has 1 aromatic carbocycles. The van der Waals surface area contributed by atoms with Crippen LogP contribution in [0.15, 0.2) is 30.7 Å². The van der Waals surface area contributed by atoms with Gasteiger partial charge in [-0.1, -0.05) is 0 Å². The molecule has 0 spiro atoms. The van der Waals surface area contributed by atoms with E-state index in [1.54, 1.807) is 4.40 Å². The highest BCUT2D eigenvalue weighted by molar-refractivity contribution is 5.56. The molecule has 0 aliphatic rings. The Hall–Kier alpha value is -3.53. The summed E-state index contributed by atoms with van der Waals surface area (Å²) in [6.45, 7) is 1.16. The first-order chi connectivity index (χ1) is 14.4. The van der Waals surface area contributed by atoms with E-state index in [0.717, 1.165) is 18.3 Å². The second-order valence-electron chi connectivity index (χ2n) is 6.59. The smallest absolute Gasteiger partial charge is 0.253 e. The van der Waals surface area contributed by atoms with Gasteiger partial charge in [-0.25, -0.2) is 23.7 Å². The number of rotatable bonds is 5. The average Bonchev–Trinajstić information content (AvgIpc) is 3.15. The normalized spacial score (nSPS) is 11.3. The van der Waals surface area contributed by atoms with Gasteiger partial charge in [0.05, 0.1) is 37.5 Å². The van der Waals surface area contributed by atoms with E-state index in [1.807, 2.05) is 0 Å². The van der Waals surface area contributed by atoms with E-state index in [-0.39, 0.29) is 41.6 Å². The fourth-order valence-electron chi connectivity index (χ4n) is 3.06. The van der Waals surface area contributed by atoms with E-state index in [1.165, 1.54) is 26.4 Å². The van der Waals surface area contributed by atoms with Crippen LogP contribution in [0.5, 0.6) is 5.88 Å². The van der Waals surface area contributed by atoms with Gasteiger partial charge in [-0.2, -0.15) is 9.37 Å². The molecule has 0 atom stereocenters. The number of halogens is 3. The Bertz CT molecular complexity index is 1260. The van der Waals surface area contributed by atoms with Gasteiger partial charge in [-0.15, -0.1) is 0 Å². The molecule has 1 N–H and O–H groups in total. The molecule has 0 fully saturated rings. The number of aliphatic hydroxyl groups is 1. The number of benzene rings is 1. The molecule has 0 saturated heterocycles. The molecule has 0 bridgehead atoms. The number of aryl methyl sites for hydroxylation is 1. The number of aliphatic hydroxyl groups excluding tert-OH is 1. The lowest BCUT2D eigenvalue weighted by molar-refractivity contribution is 0.276. The summed E-state index contributed by atoms with van der Waals surface area (Å²) in [5, 5.41) is 9.60. The molecular formula is C20H16F3N5O2. The molecule has 0 saturated carbocycles. The summed E-state index contributed by atoms with van der Waals surface area (Å²) in [6.07, 6.45) is 3.85. The van der Waals surface area contributed by atoms with Gasteiger partial charge in [0.15, 0.2) is 11.5 Å². The second-order valence-corrected chi connectivity index (χ2v) is 6.59. The van der Waals surface area contributed by atoms with Crippen molar-refractivity contribution in [2.75, 3.05) is 7.11 Å². The van der Waals surface area contributed by atoms with Crippen molar-refractivity contribution in [1.82, 2.24) is 24.3 Å². The van der Waals surface area contributed by atoms with Crippen molar-refractivity contribution >= 4 is 5.65 Å². The van der Waals surface area contributed by atoms with Crippen LogP contribution in [0, 0.1) is 24.4 Å². The van der Waals surface area contributed by atoms with Crippen LogP contribution >= 0.6 is 0 Å². The third-order valence-corrected chi connectivity index (χ3v) is 4.62. The Kier molecular flexibility index (Phi) is 5.08. The molecule has 0 aliphatic heterocycles. The molecule has 3 heterocycles. The Labute approximate surface area is 168 Å². The highest BCUT2D eigenvalue weighted by Gasteiger charge is 2.18. The summed E-state index contributed by atoms with van der Waals surface area (Å²) in [5.74, 6) is -2.05. The fraction of sp³-hybridized carbons (Fsp3) is 0.200. The maximum Gasteiger partial charge on any atom is 0.253 e. The lowest BCUT2D eigenvalue weighted by atomic mass is 10.1. The molecular weight excluding hydrogens is 399 g/mol. The molecule has 0 unspecified atom stereocenters. The van der Waals surface area contributed by atoms with Crippen LogP contribution in [-0.4, -0.2) is 36.6 Å². The Morgan fingerprint density at radius 1 is 1.03 bits per heavy atom. The molecule has 3 aromatic heterocycles. The minimum atomic E-state index is -0.738. The predicted molar refractivity (Wildman–Crippen MR) is 100 cm³/mol. The van der Waals surface area contributed by atoms with Crippen LogP contribution in [0.1, 0.15) is 22.5 Å². The second kappa shape index (κ2) is 7.71.